The van der Waals surface area contributed by atoms with Gasteiger partial charge in [0.1, 0.15) is 6.04 Å². The Morgan fingerprint density at radius 3 is 2.44 bits per heavy atom. The van der Waals surface area contributed by atoms with Gasteiger partial charge in [0.05, 0.1) is 16.7 Å². The minimum atomic E-state index is -3.89. The number of sulfonamides is 1. The zero-order chi connectivity index (χ0) is 18.6. The molecule has 1 aromatic carbocycles. The third kappa shape index (κ3) is 4.53. The number of hydrogen-bond acceptors (Lipinski definition) is 5. The van der Waals surface area contributed by atoms with Crippen LogP contribution in [0.5, 0.6) is 0 Å². The fourth-order valence-electron chi connectivity index (χ4n) is 2.41. The van der Waals surface area contributed by atoms with Gasteiger partial charge in [-0.05, 0) is 45.4 Å². The Bertz CT molecular complexity index is 908. The SMILES string of the molecule is Cc1ccc(S(=O)(=O)NC(CCC#N)C(=O)n2nc(C)cc2C)cc1. The van der Waals surface area contributed by atoms with Gasteiger partial charge in [-0.3, -0.25) is 4.79 Å². The van der Waals surface area contributed by atoms with Crippen LogP contribution in [0, 0.1) is 32.1 Å². The Labute approximate surface area is 147 Å². The molecule has 2 rings (SSSR count). The van der Waals surface area contributed by atoms with Crippen LogP contribution in [0.1, 0.15) is 34.6 Å². The summed E-state index contributed by atoms with van der Waals surface area (Å²) in [5.74, 6) is -0.503. The van der Waals surface area contributed by atoms with Crippen molar-refractivity contribution in [3.8, 4) is 6.07 Å². The zero-order valence-electron chi connectivity index (χ0n) is 14.4. The lowest BCUT2D eigenvalue weighted by molar-refractivity contribution is 0.0847. The molecule has 0 bridgehead atoms. The normalized spacial score (nSPS) is 12.6. The van der Waals surface area contributed by atoms with Crippen molar-refractivity contribution >= 4 is 15.9 Å². The van der Waals surface area contributed by atoms with E-state index in [9.17, 15) is 13.2 Å². The van der Waals surface area contributed by atoms with Gasteiger partial charge in [0.25, 0.3) is 5.91 Å². The maximum atomic E-state index is 12.7. The smallest absolute Gasteiger partial charge is 0.265 e. The Morgan fingerprint density at radius 2 is 1.92 bits per heavy atom. The maximum Gasteiger partial charge on any atom is 0.265 e. The monoisotopic (exact) mass is 360 g/mol. The summed E-state index contributed by atoms with van der Waals surface area (Å²) in [5.41, 5.74) is 2.20. The Hall–Kier alpha value is -2.50. The molecular formula is C17H20N4O3S. The number of hydrogen-bond donors (Lipinski definition) is 1. The van der Waals surface area contributed by atoms with E-state index in [4.69, 9.17) is 5.26 Å². The summed E-state index contributed by atoms with van der Waals surface area (Å²) in [6, 6.07) is 8.93. The molecule has 0 fully saturated rings. The zero-order valence-corrected chi connectivity index (χ0v) is 15.2. The second-order valence-electron chi connectivity index (χ2n) is 5.86. The first kappa shape index (κ1) is 18.8. The number of nitrogens with one attached hydrogen (secondary N) is 1. The van der Waals surface area contributed by atoms with E-state index >= 15 is 0 Å². The first-order valence-electron chi connectivity index (χ1n) is 7.78. The molecule has 0 aliphatic carbocycles. The number of nitriles is 1. The second kappa shape index (κ2) is 7.59. The van der Waals surface area contributed by atoms with Crippen LogP contribution >= 0.6 is 0 Å². The fraction of sp³-hybridized carbons (Fsp3) is 0.353. The standard InChI is InChI=1S/C17H20N4O3S/c1-12-6-8-15(9-7-12)25(23,24)20-16(5-4-10-18)17(22)21-14(3)11-13(2)19-21/h6-9,11,16,20H,4-5H2,1-3H3. The molecule has 0 saturated carbocycles. The second-order valence-corrected chi connectivity index (χ2v) is 7.57. The summed E-state index contributed by atoms with van der Waals surface area (Å²) in [7, 11) is -3.89. The van der Waals surface area contributed by atoms with E-state index in [-0.39, 0.29) is 17.7 Å². The van der Waals surface area contributed by atoms with Crippen LogP contribution in [0.3, 0.4) is 0 Å². The minimum Gasteiger partial charge on any atom is -0.271 e. The summed E-state index contributed by atoms with van der Waals surface area (Å²) in [5, 5.41) is 12.9. The number of aromatic nitrogens is 2. The quantitative estimate of drug-likeness (QED) is 0.849. The lowest BCUT2D eigenvalue weighted by Gasteiger charge is -2.17. The van der Waals surface area contributed by atoms with E-state index in [2.05, 4.69) is 9.82 Å². The third-order valence-corrected chi connectivity index (χ3v) is 5.18. The molecule has 0 spiro atoms. The molecule has 25 heavy (non-hydrogen) atoms. The Kier molecular flexibility index (Phi) is 5.72. The predicted octanol–water partition coefficient (Wildman–Crippen LogP) is 2.10. The van der Waals surface area contributed by atoms with Crippen LogP contribution in [0.25, 0.3) is 0 Å². The lowest BCUT2D eigenvalue weighted by atomic mass is 10.1. The van der Waals surface area contributed by atoms with E-state index in [1.54, 1.807) is 32.0 Å². The average Bonchev–Trinajstić information content (AvgIpc) is 2.89. The van der Waals surface area contributed by atoms with Gasteiger partial charge >= 0.3 is 0 Å². The lowest BCUT2D eigenvalue weighted by Crippen LogP contribution is -2.43. The van der Waals surface area contributed by atoms with Gasteiger partial charge in [0, 0.05) is 12.1 Å². The molecule has 0 radical (unpaired) electrons. The molecule has 1 unspecified atom stereocenters. The molecule has 132 valence electrons. The number of rotatable bonds is 6. The summed E-state index contributed by atoms with van der Waals surface area (Å²) in [4.78, 5) is 12.8. The van der Waals surface area contributed by atoms with Gasteiger partial charge in [0.15, 0.2) is 0 Å². The number of benzene rings is 1. The molecule has 0 aliphatic rings. The van der Waals surface area contributed by atoms with E-state index in [0.717, 1.165) is 5.56 Å². The highest BCUT2D eigenvalue weighted by molar-refractivity contribution is 7.89. The van der Waals surface area contributed by atoms with Gasteiger partial charge in [-0.2, -0.15) is 15.1 Å². The molecule has 1 N–H and O–H groups in total. The molecule has 7 nitrogen and oxygen atoms in total. The summed E-state index contributed by atoms with van der Waals surface area (Å²) in [6.07, 6.45) is 0.116. The summed E-state index contributed by atoms with van der Waals surface area (Å²) >= 11 is 0. The molecule has 0 saturated heterocycles. The highest BCUT2D eigenvalue weighted by Crippen LogP contribution is 2.13. The minimum absolute atomic E-state index is 0.0477. The van der Waals surface area contributed by atoms with Crippen molar-refractivity contribution < 1.29 is 13.2 Å². The molecule has 8 heteroatoms. The van der Waals surface area contributed by atoms with E-state index < -0.39 is 22.0 Å². The first-order valence-corrected chi connectivity index (χ1v) is 9.26. The maximum absolute atomic E-state index is 12.7. The van der Waals surface area contributed by atoms with Crippen molar-refractivity contribution in [2.45, 2.75) is 44.6 Å². The van der Waals surface area contributed by atoms with Gasteiger partial charge in [-0.25, -0.2) is 13.1 Å². The Balaban J connectivity index is 2.31. The van der Waals surface area contributed by atoms with Crippen LogP contribution in [0.2, 0.25) is 0 Å². The van der Waals surface area contributed by atoms with Crippen molar-refractivity contribution in [1.82, 2.24) is 14.5 Å². The van der Waals surface area contributed by atoms with Crippen molar-refractivity contribution in [3.63, 3.8) is 0 Å². The number of carbonyl (C=O) groups is 1. The van der Waals surface area contributed by atoms with Crippen molar-refractivity contribution in [2.24, 2.45) is 0 Å². The number of aryl methyl sites for hydroxylation is 3. The Morgan fingerprint density at radius 1 is 1.28 bits per heavy atom. The molecule has 2 aromatic rings. The molecule has 1 heterocycles. The van der Waals surface area contributed by atoms with E-state index in [1.165, 1.54) is 16.8 Å². The summed E-state index contributed by atoms with van der Waals surface area (Å²) < 4.78 is 28.7. The number of carbonyl (C=O) groups excluding carboxylic acids is 1. The van der Waals surface area contributed by atoms with Gasteiger partial charge in [-0.15, -0.1) is 0 Å². The van der Waals surface area contributed by atoms with Gasteiger partial charge in [-0.1, -0.05) is 17.7 Å². The van der Waals surface area contributed by atoms with Crippen LogP contribution in [0.15, 0.2) is 35.2 Å². The van der Waals surface area contributed by atoms with Crippen molar-refractivity contribution in [1.29, 1.82) is 5.26 Å². The molecule has 0 aliphatic heterocycles. The van der Waals surface area contributed by atoms with E-state index in [0.29, 0.717) is 11.4 Å². The van der Waals surface area contributed by atoms with Crippen LogP contribution in [-0.4, -0.2) is 30.1 Å². The average molecular weight is 360 g/mol. The largest absolute Gasteiger partial charge is 0.271 e. The molecular weight excluding hydrogens is 340 g/mol. The topological polar surface area (TPSA) is 105 Å². The van der Waals surface area contributed by atoms with Gasteiger partial charge in [0.2, 0.25) is 10.0 Å². The third-order valence-electron chi connectivity index (χ3n) is 3.69. The highest BCUT2D eigenvalue weighted by atomic mass is 32.2. The fourth-order valence-corrected chi connectivity index (χ4v) is 3.64. The molecule has 1 aromatic heterocycles. The molecule has 0 amide bonds. The summed E-state index contributed by atoms with van der Waals surface area (Å²) in [6.45, 7) is 5.32. The van der Waals surface area contributed by atoms with Gasteiger partial charge < -0.3 is 0 Å². The predicted molar refractivity (Wildman–Crippen MR) is 92.5 cm³/mol. The highest BCUT2D eigenvalue weighted by Gasteiger charge is 2.28. The van der Waals surface area contributed by atoms with Crippen LogP contribution in [-0.2, 0) is 10.0 Å². The van der Waals surface area contributed by atoms with Crippen LogP contribution < -0.4 is 4.72 Å². The van der Waals surface area contributed by atoms with Crippen molar-refractivity contribution in [3.05, 3.63) is 47.3 Å². The molecule has 1 atom stereocenters. The van der Waals surface area contributed by atoms with Crippen molar-refractivity contribution in [2.75, 3.05) is 0 Å². The van der Waals surface area contributed by atoms with Crippen LogP contribution in [0.4, 0.5) is 0 Å². The first-order chi connectivity index (χ1) is 11.7. The van der Waals surface area contributed by atoms with E-state index in [1.807, 2.05) is 13.0 Å². The number of nitrogens with zero attached hydrogens (tertiary/aromatic N) is 3.